The Morgan fingerprint density at radius 2 is 2.17 bits per heavy atom. The lowest BCUT2D eigenvalue weighted by molar-refractivity contribution is -0.116. The smallest absolute Gasteiger partial charge is 0.231 e. The summed E-state index contributed by atoms with van der Waals surface area (Å²) < 4.78 is 5.34. The number of carbonyl (C=O) groups is 1. The van der Waals surface area contributed by atoms with Gasteiger partial charge in [-0.15, -0.1) is 17.9 Å². The Kier molecular flexibility index (Phi) is 5.18. The van der Waals surface area contributed by atoms with Crippen LogP contribution in [0.4, 0.5) is 5.69 Å². The average Bonchev–Trinajstić information content (AvgIpc) is 3.26. The maximum Gasteiger partial charge on any atom is 0.231 e. The third-order valence-corrected chi connectivity index (χ3v) is 4.28. The van der Waals surface area contributed by atoms with Gasteiger partial charge >= 0.3 is 0 Å². The van der Waals surface area contributed by atoms with Crippen molar-refractivity contribution in [3.8, 4) is 10.7 Å². The van der Waals surface area contributed by atoms with Crippen molar-refractivity contribution in [3.05, 3.63) is 65.9 Å². The first-order chi connectivity index (χ1) is 11.8. The van der Waals surface area contributed by atoms with E-state index in [2.05, 4.69) is 22.0 Å². The molecule has 6 heteroatoms. The molecule has 0 bridgehead atoms. The molecular weight excluding hydrogens is 322 g/mol. The summed E-state index contributed by atoms with van der Waals surface area (Å²) in [5.41, 5.74) is 1.70. The number of hydrogen-bond donors (Lipinski definition) is 1. The van der Waals surface area contributed by atoms with Gasteiger partial charge in [0.25, 0.3) is 0 Å². The molecule has 3 rings (SSSR count). The van der Waals surface area contributed by atoms with Crippen molar-refractivity contribution < 1.29 is 9.32 Å². The van der Waals surface area contributed by atoms with E-state index in [-0.39, 0.29) is 5.91 Å². The van der Waals surface area contributed by atoms with Gasteiger partial charge in [-0.1, -0.05) is 35.5 Å². The fraction of sp³-hybridized carbons (Fsp3) is 0.167. The minimum Gasteiger partial charge on any atom is -0.339 e. The van der Waals surface area contributed by atoms with Crippen molar-refractivity contribution in [1.82, 2.24) is 10.1 Å². The Morgan fingerprint density at radius 3 is 2.96 bits per heavy atom. The topological polar surface area (TPSA) is 68.0 Å². The number of para-hydroxylation sites is 1. The Labute approximate surface area is 144 Å². The Morgan fingerprint density at radius 1 is 1.29 bits per heavy atom. The van der Waals surface area contributed by atoms with Gasteiger partial charge in [0.15, 0.2) is 0 Å². The van der Waals surface area contributed by atoms with Gasteiger partial charge in [-0.05, 0) is 29.5 Å². The van der Waals surface area contributed by atoms with Crippen LogP contribution in [0.5, 0.6) is 0 Å². The fourth-order valence-electron chi connectivity index (χ4n) is 2.24. The van der Waals surface area contributed by atoms with Gasteiger partial charge in [-0.2, -0.15) is 4.98 Å². The second-order valence-electron chi connectivity index (χ2n) is 5.20. The monoisotopic (exact) mass is 339 g/mol. The summed E-state index contributed by atoms with van der Waals surface area (Å²) in [6.07, 6.45) is 3.27. The van der Waals surface area contributed by atoms with Crippen LogP contribution in [0, 0.1) is 0 Å². The van der Waals surface area contributed by atoms with Crippen molar-refractivity contribution >= 4 is 22.9 Å². The van der Waals surface area contributed by atoms with Crippen LogP contribution in [-0.4, -0.2) is 16.0 Å². The number of rotatable bonds is 7. The first-order valence-corrected chi connectivity index (χ1v) is 8.49. The SMILES string of the molecule is C=CCCC(=O)Nc1ccccc1Cc1nc(-c2cccs2)no1. The van der Waals surface area contributed by atoms with Gasteiger partial charge in [0.05, 0.1) is 11.3 Å². The first kappa shape index (κ1) is 16.1. The predicted octanol–water partition coefficient (Wildman–Crippen LogP) is 4.29. The number of thiophene rings is 1. The van der Waals surface area contributed by atoms with E-state index in [9.17, 15) is 4.79 Å². The van der Waals surface area contributed by atoms with E-state index in [0.717, 1.165) is 16.1 Å². The zero-order valence-electron chi connectivity index (χ0n) is 13.1. The highest BCUT2D eigenvalue weighted by Crippen LogP contribution is 2.23. The molecule has 0 radical (unpaired) electrons. The second-order valence-corrected chi connectivity index (χ2v) is 6.15. The molecule has 5 nitrogen and oxygen atoms in total. The Hall–Kier alpha value is -2.73. The molecule has 3 aromatic rings. The second kappa shape index (κ2) is 7.70. The highest BCUT2D eigenvalue weighted by atomic mass is 32.1. The largest absolute Gasteiger partial charge is 0.339 e. The number of amides is 1. The molecule has 2 aromatic heterocycles. The lowest BCUT2D eigenvalue weighted by Gasteiger charge is -2.09. The summed E-state index contributed by atoms with van der Waals surface area (Å²) in [7, 11) is 0. The summed E-state index contributed by atoms with van der Waals surface area (Å²) in [5, 5.41) is 8.91. The van der Waals surface area contributed by atoms with Gasteiger partial charge in [0, 0.05) is 12.1 Å². The fourth-order valence-corrected chi connectivity index (χ4v) is 2.89. The van der Waals surface area contributed by atoms with Gasteiger partial charge in [0.1, 0.15) is 0 Å². The normalized spacial score (nSPS) is 10.5. The van der Waals surface area contributed by atoms with Crippen molar-refractivity contribution in [2.45, 2.75) is 19.3 Å². The number of benzene rings is 1. The minimum absolute atomic E-state index is 0.0350. The molecule has 1 aromatic carbocycles. The van der Waals surface area contributed by atoms with Crippen LogP contribution in [-0.2, 0) is 11.2 Å². The highest BCUT2D eigenvalue weighted by molar-refractivity contribution is 7.13. The molecule has 0 aliphatic rings. The number of nitrogens with one attached hydrogen (secondary N) is 1. The summed E-state index contributed by atoms with van der Waals surface area (Å²) in [6.45, 7) is 3.63. The molecule has 0 aliphatic heterocycles. The standard InChI is InChI=1S/C18H17N3O2S/c1-2-3-10-16(22)19-14-8-5-4-7-13(14)12-17-20-18(21-23-17)15-9-6-11-24-15/h2,4-9,11H,1,3,10,12H2,(H,19,22). The van der Waals surface area contributed by atoms with Crippen LogP contribution in [0.1, 0.15) is 24.3 Å². The lowest BCUT2D eigenvalue weighted by Crippen LogP contribution is -2.12. The number of nitrogens with zero attached hydrogens (tertiary/aromatic N) is 2. The highest BCUT2D eigenvalue weighted by Gasteiger charge is 2.13. The predicted molar refractivity (Wildman–Crippen MR) is 94.9 cm³/mol. The molecule has 2 heterocycles. The van der Waals surface area contributed by atoms with Crippen molar-refractivity contribution in [3.63, 3.8) is 0 Å². The van der Waals surface area contributed by atoms with E-state index in [4.69, 9.17) is 4.52 Å². The van der Waals surface area contributed by atoms with Gasteiger partial charge in [-0.25, -0.2) is 0 Å². The quantitative estimate of drug-likeness (QED) is 0.652. The average molecular weight is 339 g/mol. The minimum atomic E-state index is -0.0350. The third-order valence-electron chi connectivity index (χ3n) is 3.42. The molecule has 1 N–H and O–H groups in total. The van der Waals surface area contributed by atoms with Gasteiger partial charge in [0.2, 0.25) is 17.6 Å². The van der Waals surface area contributed by atoms with E-state index < -0.39 is 0 Å². The molecule has 0 atom stereocenters. The van der Waals surface area contributed by atoms with E-state index in [1.54, 1.807) is 17.4 Å². The van der Waals surface area contributed by atoms with E-state index >= 15 is 0 Å². The molecule has 24 heavy (non-hydrogen) atoms. The van der Waals surface area contributed by atoms with Crippen molar-refractivity contribution in [1.29, 1.82) is 0 Å². The number of allylic oxidation sites excluding steroid dienone is 1. The van der Waals surface area contributed by atoms with Crippen LogP contribution in [0.3, 0.4) is 0 Å². The molecule has 0 unspecified atom stereocenters. The van der Waals surface area contributed by atoms with Crippen molar-refractivity contribution in [2.24, 2.45) is 0 Å². The summed E-state index contributed by atoms with van der Waals surface area (Å²) >= 11 is 1.56. The molecule has 1 amide bonds. The molecule has 0 saturated heterocycles. The lowest BCUT2D eigenvalue weighted by atomic mass is 10.1. The molecule has 0 fully saturated rings. The van der Waals surface area contributed by atoms with Crippen LogP contribution in [0.2, 0.25) is 0 Å². The molecule has 0 spiro atoms. The number of carbonyl (C=O) groups excluding carboxylic acids is 1. The zero-order chi connectivity index (χ0) is 16.8. The summed E-state index contributed by atoms with van der Waals surface area (Å²) in [6, 6.07) is 11.5. The van der Waals surface area contributed by atoms with Crippen LogP contribution in [0.25, 0.3) is 10.7 Å². The van der Waals surface area contributed by atoms with E-state index in [0.29, 0.717) is 31.0 Å². The van der Waals surface area contributed by atoms with E-state index in [1.165, 1.54) is 0 Å². The number of hydrogen-bond acceptors (Lipinski definition) is 5. The molecule has 122 valence electrons. The third kappa shape index (κ3) is 3.97. The number of anilines is 1. The Bertz CT molecular complexity index is 824. The maximum absolute atomic E-state index is 11.9. The Balaban J connectivity index is 1.73. The maximum atomic E-state index is 11.9. The van der Waals surface area contributed by atoms with Crippen LogP contribution < -0.4 is 5.32 Å². The summed E-state index contributed by atoms with van der Waals surface area (Å²) in [4.78, 5) is 17.3. The van der Waals surface area contributed by atoms with E-state index in [1.807, 2.05) is 41.8 Å². The summed E-state index contributed by atoms with van der Waals surface area (Å²) in [5.74, 6) is 1.07. The van der Waals surface area contributed by atoms with Gasteiger partial charge in [-0.3, -0.25) is 4.79 Å². The zero-order valence-corrected chi connectivity index (χ0v) is 13.9. The van der Waals surface area contributed by atoms with Gasteiger partial charge < -0.3 is 9.84 Å². The van der Waals surface area contributed by atoms with Crippen LogP contribution in [0.15, 0.2) is 59.0 Å². The molecule has 0 saturated carbocycles. The molecule has 0 aliphatic carbocycles. The van der Waals surface area contributed by atoms with Crippen molar-refractivity contribution in [2.75, 3.05) is 5.32 Å². The first-order valence-electron chi connectivity index (χ1n) is 7.61. The van der Waals surface area contributed by atoms with Crippen LogP contribution >= 0.6 is 11.3 Å². The number of aromatic nitrogens is 2. The molecular formula is C18H17N3O2S.